The quantitative estimate of drug-likeness (QED) is 0.905. The molecule has 0 aliphatic carbocycles. The largest absolute Gasteiger partial charge is 0.508 e. The average Bonchev–Trinajstić information content (AvgIpc) is 2.94. The number of carbonyl (C=O) groups excluding carboxylic acids is 1. The van der Waals surface area contributed by atoms with Gasteiger partial charge in [0, 0.05) is 22.4 Å². The van der Waals surface area contributed by atoms with Crippen molar-refractivity contribution in [1.82, 2.24) is 5.32 Å². The molecule has 0 aliphatic heterocycles. The lowest BCUT2D eigenvalue weighted by molar-refractivity contribution is 0.0945. The zero-order valence-corrected chi connectivity index (χ0v) is 12.8. The fourth-order valence-corrected chi connectivity index (χ4v) is 2.76. The Morgan fingerprint density at radius 1 is 1.35 bits per heavy atom. The van der Waals surface area contributed by atoms with Gasteiger partial charge >= 0.3 is 0 Å². The Morgan fingerprint density at radius 3 is 2.70 bits per heavy atom. The van der Waals surface area contributed by atoms with E-state index in [1.165, 1.54) is 10.9 Å². The van der Waals surface area contributed by atoms with Crippen LogP contribution in [0.2, 0.25) is 0 Å². The molecule has 1 aromatic carbocycles. The second kappa shape index (κ2) is 5.67. The van der Waals surface area contributed by atoms with Crippen LogP contribution < -0.4 is 5.32 Å². The Labute approximate surface area is 123 Å². The number of hydrogen-bond donors (Lipinski definition) is 2. The molecule has 0 radical (unpaired) electrons. The molecule has 20 heavy (non-hydrogen) atoms. The molecule has 0 spiro atoms. The lowest BCUT2D eigenvalue weighted by Crippen LogP contribution is -2.36. The summed E-state index contributed by atoms with van der Waals surface area (Å²) < 4.78 is 0. The molecule has 0 fully saturated rings. The van der Waals surface area contributed by atoms with Crippen LogP contribution in [-0.2, 0) is 5.41 Å². The van der Waals surface area contributed by atoms with E-state index in [9.17, 15) is 9.90 Å². The molecule has 0 saturated heterocycles. The molecule has 0 aliphatic rings. The number of thiophene rings is 1. The van der Waals surface area contributed by atoms with Crippen molar-refractivity contribution < 1.29 is 9.90 Å². The van der Waals surface area contributed by atoms with E-state index in [0.29, 0.717) is 12.1 Å². The van der Waals surface area contributed by atoms with Gasteiger partial charge in [0.05, 0.1) is 0 Å². The smallest absolute Gasteiger partial charge is 0.251 e. The van der Waals surface area contributed by atoms with Crippen molar-refractivity contribution in [3.05, 3.63) is 51.7 Å². The van der Waals surface area contributed by atoms with Gasteiger partial charge < -0.3 is 10.4 Å². The molecule has 3 nitrogen and oxygen atoms in total. The first kappa shape index (κ1) is 14.6. The number of carbonyl (C=O) groups is 1. The van der Waals surface area contributed by atoms with E-state index in [1.807, 2.05) is 11.4 Å². The van der Waals surface area contributed by atoms with Gasteiger partial charge in [0.1, 0.15) is 5.75 Å². The molecular weight excluding hydrogens is 270 g/mol. The standard InChI is InChI=1S/C16H19NO2S/c1-11-6-7-12(9-13(11)18)15(19)17-10-16(2,3)14-5-4-8-20-14/h4-9,18H,10H2,1-3H3,(H,17,19). The summed E-state index contributed by atoms with van der Waals surface area (Å²) in [5, 5.41) is 14.6. The highest BCUT2D eigenvalue weighted by Crippen LogP contribution is 2.26. The number of phenols is 1. The van der Waals surface area contributed by atoms with Crippen LogP contribution in [0.5, 0.6) is 5.75 Å². The topological polar surface area (TPSA) is 49.3 Å². The number of nitrogens with one attached hydrogen (secondary N) is 1. The van der Waals surface area contributed by atoms with Gasteiger partial charge in [0.2, 0.25) is 0 Å². The van der Waals surface area contributed by atoms with E-state index in [1.54, 1.807) is 30.4 Å². The Kier molecular flexibility index (Phi) is 4.14. The second-order valence-electron chi connectivity index (χ2n) is 5.55. The van der Waals surface area contributed by atoms with Crippen molar-refractivity contribution in [2.75, 3.05) is 6.54 Å². The van der Waals surface area contributed by atoms with E-state index >= 15 is 0 Å². The third-order valence-electron chi connectivity index (χ3n) is 3.35. The van der Waals surface area contributed by atoms with E-state index in [4.69, 9.17) is 0 Å². The minimum absolute atomic E-state index is 0.101. The lowest BCUT2D eigenvalue weighted by atomic mass is 9.91. The van der Waals surface area contributed by atoms with Crippen LogP contribution in [-0.4, -0.2) is 17.6 Å². The maximum atomic E-state index is 12.1. The van der Waals surface area contributed by atoms with Crippen LogP contribution in [0.3, 0.4) is 0 Å². The van der Waals surface area contributed by atoms with Crippen LogP contribution in [0.15, 0.2) is 35.7 Å². The molecule has 0 saturated carbocycles. The summed E-state index contributed by atoms with van der Waals surface area (Å²) in [6, 6.07) is 9.07. The van der Waals surface area contributed by atoms with Crippen molar-refractivity contribution in [3.8, 4) is 5.75 Å². The predicted molar refractivity (Wildman–Crippen MR) is 82.5 cm³/mol. The maximum Gasteiger partial charge on any atom is 0.251 e. The molecular formula is C16H19NO2S. The van der Waals surface area contributed by atoms with Gasteiger partial charge in [0.25, 0.3) is 5.91 Å². The number of hydrogen-bond acceptors (Lipinski definition) is 3. The van der Waals surface area contributed by atoms with Gasteiger partial charge in [-0.1, -0.05) is 26.0 Å². The Morgan fingerprint density at radius 2 is 2.10 bits per heavy atom. The summed E-state index contributed by atoms with van der Waals surface area (Å²) in [4.78, 5) is 13.3. The van der Waals surface area contributed by atoms with Gasteiger partial charge in [-0.15, -0.1) is 11.3 Å². The van der Waals surface area contributed by atoms with Crippen LogP contribution in [0, 0.1) is 6.92 Å². The van der Waals surface area contributed by atoms with E-state index < -0.39 is 0 Å². The number of rotatable bonds is 4. The molecule has 106 valence electrons. The highest BCUT2D eigenvalue weighted by atomic mass is 32.1. The number of phenolic OH excluding ortho intramolecular Hbond substituents is 1. The van der Waals surface area contributed by atoms with E-state index in [-0.39, 0.29) is 17.1 Å². The van der Waals surface area contributed by atoms with Crippen molar-refractivity contribution >= 4 is 17.2 Å². The van der Waals surface area contributed by atoms with Crippen LogP contribution in [0.25, 0.3) is 0 Å². The van der Waals surface area contributed by atoms with Crippen LogP contribution >= 0.6 is 11.3 Å². The monoisotopic (exact) mass is 289 g/mol. The van der Waals surface area contributed by atoms with Crippen molar-refractivity contribution in [2.45, 2.75) is 26.2 Å². The molecule has 1 heterocycles. The molecule has 2 rings (SSSR count). The summed E-state index contributed by atoms with van der Waals surface area (Å²) in [6.07, 6.45) is 0. The molecule has 0 bridgehead atoms. The molecule has 1 aromatic heterocycles. The minimum Gasteiger partial charge on any atom is -0.508 e. The lowest BCUT2D eigenvalue weighted by Gasteiger charge is -2.23. The summed E-state index contributed by atoms with van der Waals surface area (Å²) in [5.74, 6) is -0.0138. The predicted octanol–water partition coefficient (Wildman–Crippen LogP) is 3.47. The number of aryl methyl sites for hydroxylation is 1. The van der Waals surface area contributed by atoms with Crippen LogP contribution in [0.1, 0.15) is 34.6 Å². The van der Waals surface area contributed by atoms with E-state index in [2.05, 4.69) is 25.2 Å². The van der Waals surface area contributed by atoms with Crippen LogP contribution in [0.4, 0.5) is 0 Å². The first-order valence-corrected chi connectivity index (χ1v) is 7.40. The SMILES string of the molecule is Cc1ccc(C(=O)NCC(C)(C)c2cccs2)cc1O. The normalized spacial score (nSPS) is 11.3. The summed E-state index contributed by atoms with van der Waals surface area (Å²) in [5.41, 5.74) is 1.15. The third-order valence-corrected chi connectivity index (χ3v) is 4.59. The molecule has 1 amide bonds. The number of benzene rings is 1. The average molecular weight is 289 g/mol. The van der Waals surface area contributed by atoms with Crippen molar-refractivity contribution in [3.63, 3.8) is 0 Å². The van der Waals surface area contributed by atoms with Gasteiger partial charge in [-0.3, -0.25) is 4.79 Å². The third kappa shape index (κ3) is 3.20. The maximum absolute atomic E-state index is 12.1. The summed E-state index contributed by atoms with van der Waals surface area (Å²) >= 11 is 1.69. The fraction of sp³-hybridized carbons (Fsp3) is 0.312. The summed E-state index contributed by atoms with van der Waals surface area (Å²) in [6.45, 7) is 6.56. The Hall–Kier alpha value is -1.81. The van der Waals surface area contributed by atoms with E-state index in [0.717, 1.165) is 5.56 Å². The Balaban J connectivity index is 2.03. The zero-order chi connectivity index (χ0) is 14.8. The Bertz CT molecular complexity index is 603. The first-order chi connectivity index (χ1) is 9.40. The van der Waals surface area contributed by atoms with Gasteiger partial charge in [-0.25, -0.2) is 0 Å². The van der Waals surface area contributed by atoms with Gasteiger partial charge in [0.15, 0.2) is 0 Å². The van der Waals surface area contributed by atoms with Crippen molar-refractivity contribution in [1.29, 1.82) is 0 Å². The number of aromatic hydroxyl groups is 1. The first-order valence-electron chi connectivity index (χ1n) is 6.52. The van der Waals surface area contributed by atoms with Gasteiger partial charge in [-0.2, -0.15) is 0 Å². The molecule has 2 aromatic rings. The molecule has 2 N–H and O–H groups in total. The number of amides is 1. The fourth-order valence-electron chi connectivity index (χ4n) is 1.90. The van der Waals surface area contributed by atoms with Crippen molar-refractivity contribution in [2.24, 2.45) is 0 Å². The minimum atomic E-state index is -0.162. The summed E-state index contributed by atoms with van der Waals surface area (Å²) in [7, 11) is 0. The highest BCUT2D eigenvalue weighted by Gasteiger charge is 2.22. The highest BCUT2D eigenvalue weighted by molar-refractivity contribution is 7.10. The second-order valence-corrected chi connectivity index (χ2v) is 6.49. The molecule has 0 atom stereocenters. The van der Waals surface area contributed by atoms with Gasteiger partial charge in [-0.05, 0) is 36.1 Å². The molecule has 0 unspecified atom stereocenters. The molecule has 4 heteroatoms. The zero-order valence-electron chi connectivity index (χ0n) is 11.9.